The fraction of sp³-hybridized carbons (Fsp3) is 0.0172. The highest BCUT2D eigenvalue weighted by Crippen LogP contribution is 2.39. The van der Waals surface area contributed by atoms with Gasteiger partial charge in [-0.2, -0.15) is 0 Å². The van der Waals surface area contributed by atoms with Gasteiger partial charge in [0.15, 0.2) is 0 Å². The quantitative estimate of drug-likeness (QED) is 0.158. The highest BCUT2D eigenvalue weighted by atomic mass is 15.1. The van der Waals surface area contributed by atoms with Crippen molar-refractivity contribution in [3.63, 3.8) is 0 Å². The Labute approximate surface area is 359 Å². The van der Waals surface area contributed by atoms with Gasteiger partial charge < -0.3 is 13.7 Å². The predicted molar refractivity (Wildman–Crippen MR) is 259 cm³/mol. The molecule has 0 aliphatic heterocycles. The molecule has 0 atom stereocenters. The number of para-hydroxylation sites is 4. The Kier molecular flexibility index (Phi) is 8.36. The van der Waals surface area contributed by atoms with Crippen LogP contribution in [0.5, 0.6) is 0 Å². The van der Waals surface area contributed by atoms with Gasteiger partial charge >= 0.3 is 0 Å². The van der Waals surface area contributed by atoms with Gasteiger partial charge in [-0.1, -0.05) is 176 Å². The monoisotopic (exact) mass is 792 g/mol. The third-order valence-electron chi connectivity index (χ3n) is 12.5. The zero-order valence-electron chi connectivity index (χ0n) is 34.2. The van der Waals surface area contributed by atoms with Crippen molar-refractivity contribution in [2.45, 2.75) is 0 Å². The van der Waals surface area contributed by atoms with Crippen molar-refractivity contribution in [2.75, 3.05) is 0 Å². The van der Waals surface area contributed by atoms with Gasteiger partial charge in [-0.25, -0.2) is 4.98 Å². The van der Waals surface area contributed by atoms with Crippen LogP contribution in [0.25, 0.3) is 111 Å². The second-order valence-corrected chi connectivity index (χ2v) is 16.0. The molecule has 0 radical (unpaired) electrons. The van der Waals surface area contributed by atoms with Gasteiger partial charge in [0.2, 0.25) is 0 Å². The van der Waals surface area contributed by atoms with Gasteiger partial charge in [-0.05, 0) is 70.8 Å². The molecule has 0 spiro atoms. The van der Waals surface area contributed by atoms with E-state index in [0.29, 0.717) is 0 Å². The van der Waals surface area contributed by atoms with Crippen molar-refractivity contribution in [2.24, 2.45) is 7.05 Å². The van der Waals surface area contributed by atoms with Gasteiger partial charge in [-0.15, -0.1) is 0 Å². The molecule has 0 amide bonds. The van der Waals surface area contributed by atoms with Gasteiger partial charge in [-0.3, -0.25) is 0 Å². The van der Waals surface area contributed by atoms with Crippen LogP contribution in [0.4, 0.5) is 0 Å². The molecule has 0 aliphatic rings. The van der Waals surface area contributed by atoms with E-state index in [1.165, 1.54) is 60.3 Å². The van der Waals surface area contributed by atoms with Crippen LogP contribution in [0.15, 0.2) is 224 Å². The first-order valence-electron chi connectivity index (χ1n) is 21.2. The number of imidazole rings is 1. The highest BCUT2D eigenvalue weighted by Gasteiger charge is 2.20. The van der Waals surface area contributed by atoms with Gasteiger partial charge in [0.25, 0.3) is 0 Å². The summed E-state index contributed by atoms with van der Waals surface area (Å²) in [5, 5.41) is 5.07. The number of hydrogen-bond donors (Lipinski definition) is 0. The maximum Gasteiger partial charge on any atom is 0.140 e. The van der Waals surface area contributed by atoms with Crippen LogP contribution >= 0.6 is 0 Å². The van der Waals surface area contributed by atoms with E-state index in [2.05, 4.69) is 245 Å². The number of hydrogen-bond acceptors (Lipinski definition) is 1. The lowest BCUT2D eigenvalue weighted by molar-refractivity contribution is 0.933. The van der Waals surface area contributed by atoms with Crippen LogP contribution in [0.3, 0.4) is 0 Å². The van der Waals surface area contributed by atoms with Crippen molar-refractivity contribution < 1.29 is 0 Å². The summed E-state index contributed by atoms with van der Waals surface area (Å²) in [5.41, 5.74) is 17.2. The third-order valence-corrected chi connectivity index (χ3v) is 12.5. The summed E-state index contributed by atoms with van der Waals surface area (Å²) >= 11 is 0. The van der Waals surface area contributed by atoms with Crippen LogP contribution in [0, 0.1) is 0 Å². The van der Waals surface area contributed by atoms with Crippen molar-refractivity contribution in [1.82, 2.24) is 18.7 Å². The molecule has 292 valence electrons. The largest absolute Gasteiger partial charge is 0.327 e. The first-order chi connectivity index (χ1) is 30.7. The first kappa shape index (κ1) is 35.7. The third kappa shape index (κ3) is 5.80. The Balaban J connectivity index is 0.868. The zero-order valence-corrected chi connectivity index (χ0v) is 34.2. The summed E-state index contributed by atoms with van der Waals surface area (Å²) in [5.74, 6) is 0.935. The molecule has 0 saturated carbocycles. The van der Waals surface area contributed by atoms with E-state index in [-0.39, 0.29) is 0 Å². The van der Waals surface area contributed by atoms with Crippen LogP contribution in [0.2, 0.25) is 0 Å². The van der Waals surface area contributed by atoms with E-state index in [1.54, 1.807) is 0 Å². The van der Waals surface area contributed by atoms with Gasteiger partial charge in [0.05, 0.1) is 33.5 Å². The normalized spacial score (nSPS) is 11.6. The predicted octanol–water partition coefficient (Wildman–Crippen LogP) is 14.9. The molecule has 4 heteroatoms. The summed E-state index contributed by atoms with van der Waals surface area (Å²) in [7, 11) is 2.13. The second-order valence-electron chi connectivity index (χ2n) is 16.0. The maximum absolute atomic E-state index is 5.33. The smallest absolute Gasteiger partial charge is 0.140 e. The maximum atomic E-state index is 5.33. The second kappa shape index (κ2) is 14.5. The molecule has 3 aromatic heterocycles. The minimum atomic E-state index is 0.935. The molecule has 0 fully saturated rings. The van der Waals surface area contributed by atoms with E-state index in [0.717, 1.165) is 50.8 Å². The van der Waals surface area contributed by atoms with Gasteiger partial charge in [0, 0.05) is 56.7 Å². The number of rotatable bonds is 7. The Morgan fingerprint density at radius 3 is 1.02 bits per heavy atom. The Bertz CT molecular complexity index is 3480. The van der Waals surface area contributed by atoms with E-state index in [4.69, 9.17) is 4.98 Å². The minimum absolute atomic E-state index is 0.935. The average molecular weight is 793 g/mol. The SMILES string of the molecule is Cn1c(-c2ccccc2)nc(-c2ccc(-c3ccc(-n4c5ccccc5c5ccccc54)cc3)cc2)c1-c1ccc(-c2ccc(-n3c4ccccc4c4ccccc43)cc2)cc1. The molecule has 9 aromatic carbocycles. The number of nitrogens with zero attached hydrogens (tertiary/aromatic N) is 4. The summed E-state index contributed by atoms with van der Waals surface area (Å²) in [6, 6.07) is 80.7. The van der Waals surface area contributed by atoms with E-state index >= 15 is 0 Å². The fourth-order valence-corrected chi connectivity index (χ4v) is 9.52. The Morgan fingerprint density at radius 1 is 0.290 bits per heavy atom. The molecule has 62 heavy (non-hydrogen) atoms. The van der Waals surface area contributed by atoms with Crippen LogP contribution in [0.1, 0.15) is 0 Å². The molecule has 12 rings (SSSR count). The molecule has 12 aromatic rings. The minimum Gasteiger partial charge on any atom is -0.327 e. The summed E-state index contributed by atoms with van der Waals surface area (Å²) < 4.78 is 6.96. The molecular formula is C58H40N4. The lowest BCUT2D eigenvalue weighted by Gasteiger charge is -2.12. The molecule has 0 unspecified atom stereocenters. The number of aromatic nitrogens is 4. The molecule has 0 aliphatic carbocycles. The van der Waals surface area contributed by atoms with Crippen LogP contribution < -0.4 is 0 Å². The van der Waals surface area contributed by atoms with Crippen molar-refractivity contribution in [3.8, 4) is 67.5 Å². The summed E-state index contributed by atoms with van der Waals surface area (Å²) in [4.78, 5) is 5.33. The highest BCUT2D eigenvalue weighted by molar-refractivity contribution is 6.10. The van der Waals surface area contributed by atoms with Crippen molar-refractivity contribution in [3.05, 3.63) is 224 Å². The summed E-state index contributed by atoms with van der Waals surface area (Å²) in [6.45, 7) is 0. The number of benzene rings is 9. The topological polar surface area (TPSA) is 27.7 Å². The Hall–Kier alpha value is -8.21. The molecule has 0 bridgehead atoms. The molecule has 4 nitrogen and oxygen atoms in total. The molecule has 0 N–H and O–H groups in total. The van der Waals surface area contributed by atoms with E-state index in [9.17, 15) is 0 Å². The van der Waals surface area contributed by atoms with Crippen LogP contribution in [-0.2, 0) is 7.05 Å². The fourth-order valence-electron chi connectivity index (χ4n) is 9.52. The first-order valence-corrected chi connectivity index (χ1v) is 21.2. The van der Waals surface area contributed by atoms with Crippen molar-refractivity contribution >= 4 is 43.6 Å². The molecule has 0 saturated heterocycles. The van der Waals surface area contributed by atoms with Crippen molar-refractivity contribution in [1.29, 1.82) is 0 Å². The average Bonchev–Trinajstić information content (AvgIpc) is 3.99. The summed E-state index contributed by atoms with van der Waals surface area (Å²) in [6.07, 6.45) is 0. The van der Waals surface area contributed by atoms with E-state index < -0.39 is 0 Å². The van der Waals surface area contributed by atoms with Crippen LogP contribution in [-0.4, -0.2) is 18.7 Å². The van der Waals surface area contributed by atoms with Gasteiger partial charge in [0.1, 0.15) is 5.82 Å². The lowest BCUT2D eigenvalue weighted by Crippen LogP contribution is -1.96. The van der Waals surface area contributed by atoms with E-state index in [1.807, 2.05) is 0 Å². The lowest BCUT2D eigenvalue weighted by atomic mass is 9.98. The molecular weight excluding hydrogens is 753 g/mol. The molecule has 3 heterocycles. The Morgan fingerprint density at radius 2 is 0.613 bits per heavy atom. The zero-order chi connectivity index (χ0) is 41.1. The standard InChI is InChI=1S/C58H40N4/c1-60-57(44-29-25-40(26-30-44)42-33-37-47(38-34-42)62-54-21-11-7-17-50(54)51-18-8-12-22-55(51)62)56(59-58(60)45-13-3-2-4-14-45)43-27-23-39(24-28-43)41-31-35-46(36-32-41)61-52-19-9-5-15-48(52)49-16-6-10-20-53(49)61/h2-38H,1H3. The number of fused-ring (bicyclic) bond motifs is 6.